The quantitative estimate of drug-likeness (QED) is 0.756. The summed E-state index contributed by atoms with van der Waals surface area (Å²) >= 11 is 0. The molecule has 116 valence electrons. The molecule has 5 nitrogen and oxygen atoms in total. The fourth-order valence-corrected chi connectivity index (χ4v) is 3.35. The topological polar surface area (TPSA) is 61.9 Å². The van der Waals surface area contributed by atoms with Crippen molar-refractivity contribution in [3.63, 3.8) is 0 Å². The second-order valence-corrected chi connectivity index (χ2v) is 5.97. The van der Waals surface area contributed by atoms with Gasteiger partial charge in [-0.05, 0) is 18.4 Å². The molecule has 1 unspecified atom stereocenters. The van der Waals surface area contributed by atoms with E-state index in [1.54, 1.807) is 6.33 Å². The summed E-state index contributed by atoms with van der Waals surface area (Å²) in [7, 11) is 0. The highest BCUT2D eigenvalue weighted by atomic mass is 16.1. The van der Waals surface area contributed by atoms with Gasteiger partial charge in [-0.15, -0.1) is 0 Å². The van der Waals surface area contributed by atoms with Crippen LogP contribution >= 0.6 is 0 Å². The first kappa shape index (κ1) is 13.9. The number of hydrogen-bond acceptors (Lipinski definition) is 4. The highest BCUT2D eigenvalue weighted by molar-refractivity contribution is 6.01. The van der Waals surface area contributed by atoms with Gasteiger partial charge >= 0.3 is 0 Å². The van der Waals surface area contributed by atoms with Gasteiger partial charge in [-0.2, -0.15) is 0 Å². The molecule has 5 heteroatoms. The SMILES string of the molecule is O=CC1CCCN(c2ncnc3[nH]cc(-c4ccccc4)c23)C1. The summed E-state index contributed by atoms with van der Waals surface area (Å²) < 4.78 is 0. The zero-order chi connectivity index (χ0) is 15.6. The molecular weight excluding hydrogens is 288 g/mol. The standard InChI is InChI=1S/C18H18N4O/c23-11-13-5-4-8-22(10-13)18-16-15(14-6-2-1-3-7-14)9-19-17(16)20-12-21-18/h1-3,6-7,9,11-13H,4-5,8,10H2,(H,19,20,21). The van der Waals surface area contributed by atoms with Crippen LogP contribution in [0.4, 0.5) is 5.82 Å². The van der Waals surface area contributed by atoms with Gasteiger partial charge in [0, 0.05) is 30.8 Å². The molecule has 1 aliphatic heterocycles. The molecule has 0 amide bonds. The molecule has 0 saturated carbocycles. The molecule has 0 bridgehead atoms. The maximum Gasteiger partial charge on any atom is 0.143 e. The van der Waals surface area contributed by atoms with Crippen molar-refractivity contribution in [1.29, 1.82) is 0 Å². The average molecular weight is 306 g/mol. The number of nitrogens with zero attached hydrogens (tertiary/aromatic N) is 3. The van der Waals surface area contributed by atoms with Crippen LogP contribution in [0, 0.1) is 5.92 Å². The van der Waals surface area contributed by atoms with Gasteiger partial charge in [0.05, 0.1) is 5.39 Å². The first-order valence-corrected chi connectivity index (χ1v) is 7.94. The van der Waals surface area contributed by atoms with E-state index in [2.05, 4.69) is 32.0 Å². The van der Waals surface area contributed by atoms with Gasteiger partial charge in [-0.1, -0.05) is 30.3 Å². The molecule has 1 aliphatic rings. The number of benzene rings is 1. The highest BCUT2D eigenvalue weighted by Crippen LogP contribution is 2.34. The number of hydrogen-bond donors (Lipinski definition) is 1. The van der Waals surface area contributed by atoms with E-state index in [-0.39, 0.29) is 5.92 Å². The lowest BCUT2D eigenvalue weighted by molar-refractivity contribution is -0.111. The highest BCUT2D eigenvalue weighted by Gasteiger charge is 2.23. The number of nitrogens with one attached hydrogen (secondary N) is 1. The van der Waals surface area contributed by atoms with Crippen molar-refractivity contribution < 1.29 is 4.79 Å². The van der Waals surface area contributed by atoms with Crippen LogP contribution in [-0.2, 0) is 4.79 Å². The number of aromatic nitrogens is 3. The van der Waals surface area contributed by atoms with Crippen molar-refractivity contribution in [3.8, 4) is 11.1 Å². The smallest absolute Gasteiger partial charge is 0.143 e. The lowest BCUT2D eigenvalue weighted by Crippen LogP contribution is -2.36. The van der Waals surface area contributed by atoms with Crippen LogP contribution in [0.15, 0.2) is 42.9 Å². The third-order valence-corrected chi connectivity index (χ3v) is 4.48. The van der Waals surface area contributed by atoms with Crippen LogP contribution in [0.2, 0.25) is 0 Å². The molecule has 1 aromatic carbocycles. The Hall–Kier alpha value is -2.69. The molecule has 3 aromatic rings. The maximum absolute atomic E-state index is 11.2. The number of anilines is 1. The zero-order valence-corrected chi connectivity index (χ0v) is 12.8. The van der Waals surface area contributed by atoms with E-state index in [0.717, 1.165) is 60.2 Å². The summed E-state index contributed by atoms with van der Waals surface area (Å²) in [6, 6.07) is 10.2. The Morgan fingerprint density at radius 3 is 2.91 bits per heavy atom. The number of rotatable bonds is 3. The first-order chi connectivity index (χ1) is 11.4. The first-order valence-electron chi connectivity index (χ1n) is 7.94. The molecule has 1 atom stereocenters. The summed E-state index contributed by atoms with van der Waals surface area (Å²) in [5.41, 5.74) is 3.07. The predicted molar refractivity (Wildman–Crippen MR) is 90.3 cm³/mol. The van der Waals surface area contributed by atoms with Crippen molar-refractivity contribution in [2.24, 2.45) is 5.92 Å². The summed E-state index contributed by atoms with van der Waals surface area (Å²) in [4.78, 5) is 25.5. The number of fused-ring (bicyclic) bond motifs is 1. The largest absolute Gasteiger partial charge is 0.355 e. The number of carbonyl (C=O) groups is 1. The molecule has 0 aliphatic carbocycles. The van der Waals surface area contributed by atoms with Gasteiger partial charge in [-0.25, -0.2) is 9.97 Å². The normalized spacial score (nSPS) is 18.3. The Labute approximate surface area is 134 Å². The fraction of sp³-hybridized carbons (Fsp3) is 0.278. The lowest BCUT2D eigenvalue weighted by atomic mass is 9.99. The van der Waals surface area contributed by atoms with Gasteiger partial charge in [0.25, 0.3) is 0 Å². The molecule has 1 fully saturated rings. The molecule has 4 rings (SSSR count). The summed E-state index contributed by atoms with van der Waals surface area (Å²) in [5, 5.41) is 1.03. The molecular formula is C18H18N4O. The molecule has 1 saturated heterocycles. The third kappa shape index (κ3) is 2.48. The Morgan fingerprint density at radius 2 is 2.09 bits per heavy atom. The summed E-state index contributed by atoms with van der Waals surface area (Å²) in [6.45, 7) is 1.66. The van der Waals surface area contributed by atoms with E-state index in [1.165, 1.54) is 0 Å². The van der Waals surface area contributed by atoms with E-state index >= 15 is 0 Å². The van der Waals surface area contributed by atoms with Crippen molar-refractivity contribution in [2.45, 2.75) is 12.8 Å². The Kier molecular flexibility index (Phi) is 3.54. The summed E-state index contributed by atoms with van der Waals surface area (Å²) in [6.07, 6.45) is 6.62. The molecule has 3 heterocycles. The van der Waals surface area contributed by atoms with E-state index in [1.807, 2.05) is 24.4 Å². The molecule has 23 heavy (non-hydrogen) atoms. The van der Waals surface area contributed by atoms with Gasteiger partial charge in [0.1, 0.15) is 24.1 Å². The minimum atomic E-state index is 0.0906. The molecule has 0 radical (unpaired) electrons. The lowest BCUT2D eigenvalue weighted by Gasteiger charge is -2.31. The zero-order valence-electron chi connectivity index (χ0n) is 12.8. The van der Waals surface area contributed by atoms with Crippen LogP contribution in [0.1, 0.15) is 12.8 Å². The molecule has 2 aromatic heterocycles. The van der Waals surface area contributed by atoms with E-state index in [4.69, 9.17) is 0 Å². The summed E-state index contributed by atoms with van der Waals surface area (Å²) in [5.74, 6) is 1.01. The molecule has 1 N–H and O–H groups in total. The number of carbonyl (C=O) groups excluding carboxylic acids is 1. The van der Waals surface area contributed by atoms with Gasteiger partial charge < -0.3 is 14.7 Å². The number of aromatic amines is 1. The van der Waals surface area contributed by atoms with Crippen molar-refractivity contribution in [3.05, 3.63) is 42.9 Å². The second-order valence-electron chi connectivity index (χ2n) is 5.97. The van der Waals surface area contributed by atoms with Crippen LogP contribution < -0.4 is 4.90 Å². The van der Waals surface area contributed by atoms with Crippen LogP contribution in [-0.4, -0.2) is 34.3 Å². The van der Waals surface area contributed by atoms with Crippen LogP contribution in [0.5, 0.6) is 0 Å². The van der Waals surface area contributed by atoms with E-state index < -0.39 is 0 Å². The third-order valence-electron chi connectivity index (χ3n) is 4.48. The average Bonchev–Trinajstić information content (AvgIpc) is 3.06. The number of H-pyrrole nitrogens is 1. The fourth-order valence-electron chi connectivity index (χ4n) is 3.35. The minimum Gasteiger partial charge on any atom is -0.355 e. The van der Waals surface area contributed by atoms with Crippen LogP contribution in [0.3, 0.4) is 0 Å². The Morgan fingerprint density at radius 1 is 1.22 bits per heavy atom. The van der Waals surface area contributed by atoms with Gasteiger partial charge in [0.15, 0.2) is 0 Å². The monoisotopic (exact) mass is 306 g/mol. The van der Waals surface area contributed by atoms with Crippen molar-refractivity contribution in [1.82, 2.24) is 15.0 Å². The van der Waals surface area contributed by atoms with Gasteiger partial charge in [-0.3, -0.25) is 0 Å². The van der Waals surface area contributed by atoms with E-state index in [0.29, 0.717) is 0 Å². The number of aldehydes is 1. The maximum atomic E-state index is 11.2. The van der Waals surface area contributed by atoms with Gasteiger partial charge in [0.2, 0.25) is 0 Å². The van der Waals surface area contributed by atoms with Crippen molar-refractivity contribution in [2.75, 3.05) is 18.0 Å². The van der Waals surface area contributed by atoms with E-state index in [9.17, 15) is 4.79 Å². The Bertz CT molecular complexity index is 827. The van der Waals surface area contributed by atoms with Crippen molar-refractivity contribution >= 4 is 23.1 Å². The predicted octanol–water partition coefficient (Wildman–Crippen LogP) is 3.04. The number of piperidine rings is 1. The Balaban J connectivity index is 1.84. The second kappa shape index (κ2) is 5.83. The van der Waals surface area contributed by atoms with Crippen LogP contribution in [0.25, 0.3) is 22.2 Å². The molecule has 0 spiro atoms. The minimum absolute atomic E-state index is 0.0906.